The number of hydrogen-bond acceptors (Lipinski definition) is 3. The number of rotatable bonds is 5. The fourth-order valence-electron chi connectivity index (χ4n) is 1.25. The lowest BCUT2D eigenvalue weighted by molar-refractivity contribution is -0.140. The number of amides is 2. The van der Waals surface area contributed by atoms with Crippen LogP contribution in [0.4, 0.5) is 10.5 Å². The minimum atomic E-state index is -1.28. The smallest absolute Gasteiger partial charge is 0.323 e. The van der Waals surface area contributed by atoms with E-state index in [9.17, 15) is 14.4 Å². The third-order valence-corrected chi connectivity index (χ3v) is 1.96. The van der Waals surface area contributed by atoms with Crippen molar-refractivity contribution in [2.45, 2.75) is 0 Å². The molecular weight excluding hydrogens is 240 g/mol. The molecule has 18 heavy (non-hydrogen) atoms. The van der Waals surface area contributed by atoms with E-state index in [1.165, 1.54) is 0 Å². The molecule has 0 spiro atoms. The molecule has 0 fully saturated rings. The van der Waals surface area contributed by atoms with Gasteiger partial charge in [0.25, 0.3) is 0 Å². The first-order valence-corrected chi connectivity index (χ1v) is 5.03. The van der Waals surface area contributed by atoms with Crippen LogP contribution in [0.25, 0.3) is 0 Å². The van der Waals surface area contributed by atoms with Crippen molar-refractivity contribution in [3.05, 3.63) is 30.3 Å². The van der Waals surface area contributed by atoms with E-state index in [-0.39, 0.29) is 0 Å². The number of carbonyl (C=O) groups excluding carboxylic acids is 1. The molecule has 0 saturated carbocycles. The quantitative estimate of drug-likeness (QED) is 0.714. The summed E-state index contributed by atoms with van der Waals surface area (Å²) in [7, 11) is 0. The Balaban J connectivity index is 2.69. The largest absolute Gasteiger partial charge is 0.480 e. The van der Waals surface area contributed by atoms with Crippen molar-refractivity contribution in [1.82, 2.24) is 4.90 Å². The third-order valence-electron chi connectivity index (χ3n) is 1.96. The van der Waals surface area contributed by atoms with Crippen LogP contribution in [0.3, 0.4) is 0 Å². The SMILES string of the molecule is O=C(O)CN(CC(=O)O)C(=O)Nc1ccccc1. The Labute approximate surface area is 103 Å². The average Bonchev–Trinajstić information content (AvgIpc) is 2.28. The number of hydrogen-bond donors (Lipinski definition) is 3. The first kappa shape index (κ1) is 13.5. The third kappa shape index (κ3) is 4.52. The number of carbonyl (C=O) groups is 3. The molecule has 1 aromatic rings. The molecule has 0 bridgehead atoms. The molecule has 0 aliphatic carbocycles. The Morgan fingerprint density at radius 2 is 1.50 bits per heavy atom. The maximum absolute atomic E-state index is 11.7. The van der Waals surface area contributed by atoms with Gasteiger partial charge in [-0.15, -0.1) is 0 Å². The minimum absolute atomic E-state index is 0.461. The first-order chi connectivity index (χ1) is 8.49. The Bertz CT molecular complexity index is 430. The number of nitrogens with zero attached hydrogens (tertiary/aromatic N) is 1. The van der Waals surface area contributed by atoms with Crippen LogP contribution in [0.2, 0.25) is 0 Å². The topological polar surface area (TPSA) is 107 Å². The Kier molecular flexibility index (Phi) is 4.67. The standard InChI is InChI=1S/C11H12N2O5/c14-9(15)6-13(7-10(16)17)11(18)12-8-4-2-1-3-5-8/h1-5H,6-7H2,(H,12,18)(H,14,15)(H,16,17). The van der Waals surface area contributed by atoms with Gasteiger partial charge in [-0.25, -0.2) is 4.79 Å². The van der Waals surface area contributed by atoms with Crippen LogP contribution >= 0.6 is 0 Å². The lowest BCUT2D eigenvalue weighted by Crippen LogP contribution is -2.41. The normalized spacial score (nSPS) is 9.56. The lowest BCUT2D eigenvalue weighted by atomic mass is 10.3. The summed E-state index contributed by atoms with van der Waals surface area (Å²) in [5.74, 6) is -2.56. The Hall–Kier alpha value is -2.57. The second kappa shape index (κ2) is 6.24. The molecule has 1 rings (SSSR count). The van der Waals surface area contributed by atoms with Gasteiger partial charge in [-0.05, 0) is 12.1 Å². The number of carboxylic acid groups (broad SMARTS) is 2. The molecule has 7 heteroatoms. The summed E-state index contributed by atoms with van der Waals surface area (Å²) in [5, 5.41) is 19.6. The number of nitrogens with one attached hydrogen (secondary N) is 1. The Morgan fingerprint density at radius 3 is 1.94 bits per heavy atom. The van der Waals surface area contributed by atoms with Crippen LogP contribution in [-0.4, -0.2) is 46.2 Å². The van der Waals surface area contributed by atoms with Crippen LogP contribution in [0, 0.1) is 0 Å². The van der Waals surface area contributed by atoms with Gasteiger partial charge in [0.1, 0.15) is 13.1 Å². The predicted octanol–water partition coefficient (Wildman–Crippen LogP) is 0.690. The molecule has 0 atom stereocenters. The summed E-state index contributed by atoms with van der Waals surface area (Å²) >= 11 is 0. The summed E-state index contributed by atoms with van der Waals surface area (Å²) in [6.07, 6.45) is 0. The van der Waals surface area contributed by atoms with E-state index in [1.807, 2.05) is 0 Å². The highest BCUT2D eigenvalue weighted by Crippen LogP contribution is 2.06. The fraction of sp³-hybridized carbons (Fsp3) is 0.182. The molecule has 2 amide bonds. The average molecular weight is 252 g/mol. The van der Waals surface area contributed by atoms with Crippen molar-refractivity contribution in [1.29, 1.82) is 0 Å². The zero-order valence-electron chi connectivity index (χ0n) is 9.37. The maximum atomic E-state index is 11.7. The molecule has 7 nitrogen and oxygen atoms in total. The second-order valence-electron chi connectivity index (χ2n) is 3.44. The first-order valence-electron chi connectivity index (χ1n) is 5.03. The molecule has 96 valence electrons. The van der Waals surface area contributed by atoms with Crippen molar-refractivity contribution in [2.75, 3.05) is 18.4 Å². The van der Waals surface area contributed by atoms with Gasteiger partial charge < -0.3 is 20.4 Å². The van der Waals surface area contributed by atoms with Crippen molar-refractivity contribution in [3.63, 3.8) is 0 Å². The summed E-state index contributed by atoms with van der Waals surface area (Å²) in [6, 6.07) is 7.57. The maximum Gasteiger partial charge on any atom is 0.323 e. The molecule has 1 aromatic carbocycles. The van der Waals surface area contributed by atoms with Crippen molar-refractivity contribution in [2.24, 2.45) is 0 Å². The van der Waals surface area contributed by atoms with Gasteiger partial charge in [0, 0.05) is 5.69 Å². The number of anilines is 1. The highest BCUT2D eigenvalue weighted by molar-refractivity contribution is 5.93. The molecule has 0 aliphatic rings. The van der Waals surface area contributed by atoms with E-state index in [0.29, 0.717) is 10.6 Å². The number of para-hydroxylation sites is 1. The molecule has 0 aromatic heterocycles. The summed E-state index contributed by atoms with van der Waals surface area (Å²) < 4.78 is 0. The minimum Gasteiger partial charge on any atom is -0.480 e. The number of urea groups is 1. The highest BCUT2D eigenvalue weighted by Gasteiger charge is 2.19. The fourth-order valence-corrected chi connectivity index (χ4v) is 1.25. The van der Waals surface area contributed by atoms with Gasteiger partial charge in [0.05, 0.1) is 0 Å². The molecule has 0 unspecified atom stereocenters. The van der Waals surface area contributed by atoms with Crippen LogP contribution in [0.1, 0.15) is 0 Å². The molecule has 0 saturated heterocycles. The van der Waals surface area contributed by atoms with Gasteiger partial charge >= 0.3 is 18.0 Å². The van der Waals surface area contributed by atoms with Crippen molar-refractivity contribution < 1.29 is 24.6 Å². The molecule has 0 radical (unpaired) electrons. The molecule has 3 N–H and O–H groups in total. The Morgan fingerprint density at radius 1 is 1.00 bits per heavy atom. The number of aliphatic carboxylic acids is 2. The van der Waals surface area contributed by atoms with E-state index in [2.05, 4.69) is 5.32 Å². The van der Waals surface area contributed by atoms with E-state index >= 15 is 0 Å². The van der Waals surface area contributed by atoms with E-state index in [0.717, 1.165) is 0 Å². The van der Waals surface area contributed by atoms with Gasteiger partial charge in [-0.2, -0.15) is 0 Å². The monoisotopic (exact) mass is 252 g/mol. The van der Waals surface area contributed by atoms with Crippen LogP contribution in [-0.2, 0) is 9.59 Å². The number of benzene rings is 1. The van der Waals surface area contributed by atoms with E-state index < -0.39 is 31.1 Å². The van der Waals surface area contributed by atoms with Crippen molar-refractivity contribution in [3.8, 4) is 0 Å². The highest BCUT2D eigenvalue weighted by atomic mass is 16.4. The van der Waals surface area contributed by atoms with Crippen LogP contribution in [0.15, 0.2) is 30.3 Å². The van der Waals surface area contributed by atoms with Crippen LogP contribution < -0.4 is 5.32 Å². The zero-order chi connectivity index (χ0) is 13.5. The summed E-state index contributed by atoms with van der Waals surface area (Å²) in [5.41, 5.74) is 0.461. The van der Waals surface area contributed by atoms with Crippen LogP contribution in [0.5, 0.6) is 0 Å². The lowest BCUT2D eigenvalue weighted by Gasteiger charge is -2.18. The second-order valence-corrected chi connectivity index (χ2v) is 3.44. The summed E-state index contributed by atoms with van der Waals surface area (Å²) in [6.45, 7) is -1.35. The summed E-state index contributed by atoms with van der Waals surface area (Å²) in [4.78, 5) is 33.4. The van der Waals surface area contributed by atoms with Gasteiger partial charge in [0.2, 0.25) is 0 Å². The van der Waals surface area contributed by atoms with Crippen molar-refractivity contribution >= 4 is 23.7 Å². The van der Waals surface area contributed by atoms with Gasteiger partial charge in [-0.1, -0.05) is 18.2 Å². The zero-order valence-corrected chi connectivity index (χ0v) is 9.37. The molecular formula is C11H12N2O5. The van der Waals surface area contributed by atoms with Gasteiger partial charge in [0.15, 0.2) is 0 Å². The van der Waals surface area contributed by atoms with E-state index in [4.69, 9.17) is 10.2 Å². The van der Waals surface area contributed by atoms with Gasteiger partial charge in [-0.3, -0.25) is 9.59 Å². The molecule has 0 heterocycles. The molecule has 0 aliphatic heterocycles. The number of carboxylic acids is 2. The predicted molar refractivity (Wildman–Crippen MR) is 62.3 cm³/mol. The van der Waals surface area contributed by atoms with E-state index in [1.54, 1.807) is 30.3 Å².